The lowest BCUT2D eigenvalue weighted by molar-refractivity contribution is -0.137. The fraction of sp³-hybridized carbons (Fsp3) is 0.412. The van der Waals surface area contributed by atoms with E-state index in [0.29, 0.717) is 25.3 Å². The minimum atomic E-state index is -4.38. The molecule has 142 valence electrons. The van der Waals surface area contributed by atoms with Crippen molar-refractivity contribution in [2.45, 2.75) is 18.8 Å². The van der Waals surface area contributed by atoms with Crippen molar-refractivity contribution in [1.82, 2.24) is 15.5 Å². The lowest BCUT2D eigenvalue weighted by Gasteiger charge is -2.32. The normalized spacial score (nSPS) is 17.5. The second-order valence-electron chi connectivity index (χ2n) is 5.74. The van der Waals surface area contributed by atoms with Crippen molar-refractivity contribution in [2.75, 3.05) is 26.2 Å². The third-order valence-electron chi connectivity index (χ3n) is 3.85. The maximum absolute atomic E-state index is 12.5. The Balaban J connectivity index is 1.73. The molecular formula is C17H20F3N3O3. The molecule has 1 atom stereocenters. The molecule has 1 heterocycles. The number of hydrogen-bond donors (Lipinski definition) is 2. The number of ether oxygens (including phenoxy) is 1. The fourth-order valence-electron chi connectivity index (χ4n) is 2.44. The molecule has 1 aromatic carbocycles. The number of amides is 3. The summed E-state index contributed by atoms with van der Waals surface area (Å²) >= 11 is 0. The number of morpholine rings is 1. The van der Waals surface area contributed by atoms with Gasteiger partial charge in [0.25, 0.3) is 0 Å². The summed E-state index contributed by atoms with van der Waals surface area (Å²) in [7, 11) is 0. The Bertz CT molecular complexity index is 647. The van der Waals surface area contributed by atoms with E-state index in [0.717, 1.165) is 12.1 Å². The van der Waals surface area contributed by atoms with E-state index in [2.05, 4.69) is 17.2 Å². The van der Waals surface area contributed by atoms with Crippen molar-refractivity contribution in [3.8, 4) is 0 Å². The summed E-state index contributed by atoms with van der Waals surface area (Å²) < 4.78 is 43.0. The van der Waals surface area contributed by atoms with Crippen LogP contribution >= 0.6 is 0 Å². The molecule has 0 spiro atoms. The maximum Gasteiger partial charge on any atom is 0.416 e. The second kappa shape index (κ2) is 8.70. The summed E-state index contributed by atoms with van der Waals surface area (Å²) in [5, 5.41) is 5.18. The van der Waals surface area contributed by atoms with Crippen LogP contribution in [0.25, 0.3) is 0 Å². The number of hydrogen-bond acceptors (Lipinski definition) is 3. The van der Waals surface area contributed by atoms with Crippen LogP contribution in [0.5, 0.6) is 0 Å². The first-order valence-corrected chi connectivity index (χ1v) is 8.00. The first-order chi connectivity index (χ1) is 12.3. The topological polar surface area (TPSA) is 70.7 Å². The molecule has 0 bridgehead atoms. The van der Waals surface area contributed by atoms with Crippen molar-refractivity contribution < 1.29 is 27.5 Å². The zero-order valence-electron chi connectivity index (χ0n) is 14.0. The zero-order valence-corrected chi connectivity index (χ0v) is 14.0. The molecule has 1 aliphatic heterocycles. The van der Waals surface area contributed by atoms with Gasteiger partial charge in [0.05, 0.1) is 18.3 Å². The van der Waals surface area contributed by atoms with E-state index < -0.39 is 17.8 Å². The quantitative estimate of drug-likeness (QED) is 0.777. The van der Waals surface area contributed by atoms with Crippen LogP contribution in [0.2, 0.25) is 0 Å². The fourth-order valence-corrected chi connectivity index (χ4v) is 2.44. The van der Waals surface area contributed by atoms with E-state index in [4.69, 9.17) is 4.74 Å². The van der Waals surface area contributed by atoms with Crippen LogP contribution in [0.4, 0.5) is 18.0 Å². The number of nitrogens with zero attached hydrogens (tertiary/aromatic N) is 1. The Hall–Kier alpha value is -2.55. The molecule has 0 radical (unpaired) electrons. The Morgan fingerprint density at radius 3 is 2.58 bits per heavy atom. The van der Waals surface area contributed by atoms with Gasteiger partial charge in [0.1, 0.15) is 0 Å². The van der Waals surface area contributed by atoms with Gasteiger partial charge in [0.15, 0.2) is 0 Å². The first kappa shape index (κ1) is 19.8. The van der Waals surface area contributed by atoms with Gasteiger partial charge in [-0.1, -0.05) is 18.7 Å². The molecular weight excluding hydrogens is 351 g/mol. The van der Waals surface area contributed by atoms with Gasteiger partial charge in [0, 0.05) is 26.2 Å². The highest BCUT2D eigenvalue weighted by Gasteiger charge is 2.29. The van der Waals surface area contributed by atoms with Gasteiger partial charge in [0.2, 0.25) is 5.91 Å². The molecule has 3 amide bonds. The van der Waals surface area contributed by atoms with Crippen LogP contribution < -0.4 is 10.6 Å². The van der Waals surface area contributed by atoms with E-state index in [1.165, 1.54) is 18.2 Å². The van der Waals surface area contributed by atoms with E-state index in [1.54, 1.807) is 4.90 Å². The lowest BCUT2D eigenvalue weighted by Crippen LogP contribution is -2.50. The predicted octanol–water partition coefficient (Wildman–Crippen LogP) is 1.92. The molecule has 0 saturated carbocycles. The third kappa shape index (κ3) is 5.76. The van der Waals surface area contributed by atoms with Crippen molar-refractivity contribution in [3.05, 3.63) is 48.0 Å². The molecule has 26 heavy (non-hydrogen) atoms. The lowest BCUT2D eigenvalue weighted by atomic mass is 10.1. The zero-order chi connectivity index (χ0) is 19.2. The monoisotopic (exact) mass is 371 g/mol. The minimum absolute atomic E-state index is 0.0938. The molecule has 0 aliphatic carbocycles. The number of benzene rings is 1. The Morgan fingerprint density at radius 1 is 1.27 bits per heavy atom. The maximum atomic E-state index is 12.5. The molecule has 0 aromatic heterocycles. The first-order valence-electron chi connectivity index (χ1n) is 8.00. The van der Waals surface area contributed by atoms with Gasteiger partial charge in [-0.3, -0.25) is 4.79 Å². The van der Waals surface area contributed by atoms with E-state index in [-0.39, 0.29) is 25.1 Å². The van der Waals surface area contributed by atoms with Gasteiger partial charge < -0.3 is 20.3 Å². The van der Waals surface area contributed by atoms with Crippen LogP contribution in [0.1, 0.15) is 11.1 Å². The molecule has 9 heteroatoms. The van der Waals surface area contributed by atoms with Crippen LogP contribution in [0, 0.1) is 0 Å². The van der Waals surface area contributed by atoms with Crippen molar-refractivity contribution >= 4 is 11.9 Å². The molecule has 1 aliphatic rings. The summed E-state index contributed by atoms with van der Waals surface area (Å²) in [6, 6.07) is 4.09. The van der Waals surface area contributed by atoms with E-state index in [9.17, 15) is 22.8 Å². The standard InChI is InChI=1S/C17H20F3N3O3/c1-2-15(24)23-7-8-26-14(11-23)10-22-16(25)21-9-12-3-5-13(6-4-12)17(18,19)20/h2-6,14H,1,7-11H2,(H2,21,22,25). The molecule has 6 nitrogen and oxygen atoms in total. The number of rotatable bonds is 5. The highest BCUT2D eigenvalue weighted by atomic mass is 19.4. The van der Waals surface area contributed by atoms with Crippen LogP contribution in [0.3, 0.4) is 0 Å². The van der Waals surface area contributed by atoms with Gasteiger partial charge in [-0.2, -0.15) is 13.2 Å². The summed E-state index contributed by atoms with van der Waals surface area (Å²) in [5.74, 6) is -0.190. The number of alkyl halides is 3. The smallest absolute Gasteiger partial charge is 0.373 e. The van der Waals surface area contributed by atoms with Gasteiger partial charge in [-0.05, 0) is 23.8 Å². The van der Waals surface area contributed by atoms with Crippen molar-refractivity contribution in [2.24, 2.45) is 0 Å². The highest BCUT2D eigenvalue weighted by molar-refractivity contribution is 5.87. The van der Waals surface area contributed by atoms with Crippen LogP contribution in [-0.2, 0) is 22.3 Å². The summed E-state index contributed by atoms with van der Waals surface area (Å²) in [5.41, 5.74) is -0.191. The van der Waals surface area contributed by atoms with E-state index in [1.807, 2.05) is 0 Å². The number of nitrogens with one attached hydrogen (secondary N) is 2. The van der Waals surface area contributed by atoms with Gasteiger partial charge in [-0.15, -0.1) is 0 Å². The van der Waals surface area contributed by atoms with Crippen LogP contribution in [0.15, 0.2) is 36.9 Å². The number of carbonyl (C=O) groups is 2. The Morgan fingerprint density at radius 2 is 1.96 bits per heavy atom. The molecule has 2 rings (SSSR count). The number of halogens is 3. The molecule has 1 fully saturated rings. The predicted molar refractivity (Wildman–Crippen MR) is 88.2 cm³/mol. The SMILES string of the molecule is C=CC(=O)N1CCOC(CNC(=O)NCc2ccc(C(F)(F)F)cc2)C1. The second-order valence-corrected chi connectivity index (χ2v) is 5.74. The van der Waals surface area contributed by atoms with Gasteiger partial charge in [-0.25, -0.2) is 4.79 Å². The number of urea groups is 1. The van der Waals surface area contributed by atoms with Crippen LogP contribution in [-0.4, -0.2) is 49.2 Å². The summed E-state index contributed by atoms with van der Waals surface area (Å²) in [6.45, 7) is 4.93. The van der Waals surface area contributed by atoms with Crippen molar-refractivity contribution in [1.29, 1.82) is 0 Å². The molecule has 1 aromatic rings. The molecule has 1 unspecified atom stereocenters. The summed E-state index contributed by atoms with van der Waals surface area (Å²) in [6.07, 6.45) is -3.49. The Kier molecular flexibility index (Phi) is 6.62. The average molecular weight is 371 g/mol. The summed E-state index contributed by atoms with van der Waals surface area (Å²) in [4.78, 5) is 25.0. The largest absolute Gasteiger partial charge is 0.416 e. The van der Waals surface area contributed by atoms with E-state index >= 15 is 0 Å². The minimum Gasteiger partial charge on any atom is -0.373 e. The number of carbonyl (C=O) groups excluding carboxylic acids is 2. The van der Waals surface area contributed by atoms with Gasteiger partial charge >= 0.3 is 12.2 Å². The molecule has 1 saturated heterocycles. The molecule has 2 N–H and O–H groups in total. The average Bonchev–Trinajstić information content (AvgIpc) is 2.64. The Labute approximate surface area is 149 Å². The third-order valence-corrected chi connectivity index (χ3v) is 3.85. The highest BCUT2D eigenvalue weighted by Crippen LogP contribution is 2.29. The van der Waals surface area contributed by atoms with Crippen molar-refractivity contribution in [3.63, 3.8) is 0 Å².